The summed E-state index contributed by atoms with van der Waals surface area (Å²) in [7, 11) is 0. The van der Waals surface area contributed by atoms with Gasteiger partial charge in [0.05, 0.1) is 5.69 Å². The Balaban J connectivity index is 1.85. The molecule has 3 rings (SSSR count). The van der Waals surface area contributed by atoms with Crippen LogP contribution in [-0.4, -0.2) is 4.98 Å². The van der Waals surface area contributed by atoms with Crippen LogP contribution in [0.25, 0.3) is 10.9 Å². The number of aromatic amines is 1. The van der Waals surface area contributed by atoms with Crippen LogP contribution in [0.5, 0.6) is 0 Å². The number of anilines is 1. The topological polar surface area (TPSA) is 27.8 Å². The highest BCUT2D eigenvalue weighted by Gasteiger charge is 2.13. The summed E-state index contributed by atoms with van der Waals surface area (Å²) in [5, 5.41) is 3.78. The zero-order chi connectivity index (χ0) is 14.1. The molecule has 0 bridgehead atoms. The Morgan fingerprint density at radius 2 is 1.75 bits per heavy atom. The molecule has 0 saturated carbocycles. The van der Waals surface area contributed by atoms with Crippen molar-refractivity contribution in [2.75, 3.05) is 5.32 Å². The number of fused-ring (bicyclic) bond motifs is 1. The summed E-state index contributed by atoms with van der Waals surface area (Å²) in [4.78, 5) is 3.09. The fourth-order valence-electron chi connectivity index (χ4n) is 2.13. The molecule has 0 unspecified atom stereocenters. The summed E-state index contributed by atoms with van der Waals surface area (Å²) in [5.41, 5.74) is 1.83. The molecule has 1 heterocycles. The largest absolute Gasteiger partial charge is 0.378 e. The van der Waals surface area contributed by atoms with E-state index in [1.54, 1.807) is 6.20 Å². The van der Waals surface area contributed by atoms with Crippen LogP contribution in [0.1, 0.15) is 5.56 Å². The molecule has 20 heavy (non-hydrogen) atoms. The van der Waals surface area contributed by atoms with Gasteiger partial charge in [0, 0.05) is 23.6 Å². The van der Waals surface area contributed by atoms with Gasteiger partial charge < -0.3 is 10.3 Å². The maximum atomic E-state index is 13.5. The van der Waals surface area contributed by atoms with E-state index in [-0.39, 0.29) is 5.69 Å². The van der Waals surface area contributed by atoms with Crippen molar-refractivity contribution in [3.05, 3.63) is 65.6 Å². The minimum Gasteiger partial charge on any atom is -0.378 e. The normalized spacial score (nSPS) is 10.9. The second kappa shape index (κ2) is 4.92. The first-order valence-electron chi connectivity index (χ1n) is 6.09. The summed E-state index contributed by atoms with van der Waals surface area (Å²) in [6, 6.07) is 9.75. The summed E-state index contributed by atoms with van der Waals surface area (Å²) >= 11 is 0. The van der Waals surface area contributed by atoms with Crippen molar-refractivity contribution in [1.29, 1.82) is 0 Å². The second-order valence-electron chi connectivity index (χ2n) is 4.44. The molecule has 102 valence electrons. The van der Waals surface area contributed by atoms with Crippen molar-refractivity contribution in [2.45, 2.75) is 6.54 Å². The van der Waals surface area contributed by atoms with Gasteiger partial charge in [-0.15, -0.1) is 0 Å². The van der Waals surface area contributed by atoms with Crippen LogP contribution in [0.3, 0.4) is 0 Å². The first-order chi connectivity index (χ1) is 9.66. The van der Waals surface area contributed by atoms with Crippen molar-refractivity contribution in [3.8, 4) is 0 Å². The molecular formula is C15H11F3N2. The van der Waals surface area contributed by atoms with Crippen molar-refractivity contribution in [3.63, 3.8) is 0 Å². The van der Waals surface area contributed by atoms with E-state index in [2.05, 4.69) is 10.3 Å². The minimum atomic E-state index is -1.46. The molecule has 0 aliphatic heterocycles. The van der Waals surface area contributed by atoms with Crippen molar-refractivity contribution in [2.24, 2.45) is 0 Å². The first-order valence-corrected chi connectivity index (χ1v) is 6.09. The summed E-state index contributed by atoms with van der Waals surface area (Å²) in [6.45, 7) is 0.312. The lowest BCUT2D eigenvalue weighted by molar-refractivity contribution is 0.449. The highest BCUT2D eigenvalue weighted by Crippen LogP contribution is 2.22. The maximum absolute atomic E-state index is 13.5. The van der Waals surface area contributed by atoms with Crippen LogP contribution in [0.4, 0.5) is 18.9 Å². The van der Waals surface area contributed by atoms with Gasteiger partial charge >= 0.3 is 0 Å². The van der Waals surface area contributed by atoms with E-state index in [9.17, 15) is 13.2 Å². The van der Waals surface area contributed by atoms with Gasteiger partial charge in [0.25, 0.3) is 0 Å². The quantitative estimate of drug-likeness (QED) is 0.689. The third-order valence-electron chi connectivity index (χ3n) is 3.18. The molecule has 3 aromatic rings. The van der Waals surface area contributed by atoms with Crippen molar-refractivity contribution in [1.82, 2.24) is 4.98 Å². The summed E-state index contributed by atoms with van der Waals surface area (Å²) in [5.74, 6) is -3.86. The fourth-order valence-corrected chi connectivity index (χ4v) is 2.13. The van der Waals surface area contributed by atoms with Crippen LogP contribution in [-0.2, 0) is 6.54 Å². The minimum absolute atomic E-state index is 0.0609. The van der Waals surface area contributed by atoms with E-state index in [1.165, 1.54) is 6.07 Å². The number of hydrogen-bond acceptors (Lipinski definition) is 1. The lowest BCUT2D eigenvalue weighted by Crippen LogP contribution is -2.03. The standard InChI is InChI=1S/C15H11F3N2/c16-11-5-6-13(15(18)14(11)17)20-8-9-7-19-12-4-2-1-3-10(9)12/h1-7,19-20H,8H2. The van der Waals surface area contributed by atoms with E-state index >= 15 is 0 Å². The predicted octanol–water partition coefficient (Wildman–Crippen LogP) is 4.20. The summed E-state index contributed by atoms with van der Waals surface area (Å²) < 4.78 is 39.5. The molecule has 0 radical (unpaired) electrons. The Morgan fingerprint density at radius 3 is 2.60 bits per heavy atom. The Bertz CT molecular complexity index is 765. The lowest BCUT2D eigenvalue weighted by Gasteiger charge is -2.07. The zero-order valence-electron chi connectivity index (χ0n) is 10.4. The SMILES string of the molecule is Fc1ccc(NCc2c[nH]c3ccccc23)c(F)c1F. The number of hydrogen-bond donors (Lipinski definition) is 2. The van der Waals surface area contributed by atoms with Crippen LogP contribution in [0, 0.1) is 17.5 Å². The van der Waals surface area contributed by atoms with E-state index in [0.29, 0.717) is 6.54 Å². The molecule has 0 amide bonds. The molecular weight excluding hydrogens is 265 g/mol. The first kappa shape index (κ1) is 12.6. The number of rotatable bonds is 3. The van der Waals surface area contributed by atoms with Gasteiger partial charge in [-0.3, -0.25) is 0 Å². The van der Waals surface area contributed by atoms with E-state index in [4.69, 9.17) is 0 Å². The molecule has 0 aliphatic carbocycles. The number of para-hydroxylation sites is 1. The third-order valence-corrected chi connectivity index (χ3v) is 3.18. The molecule has 0 aliphatic rings. The third kappa shape index (κ3) is 2.11. The molecule has 0 spiro atoms. The molecule has 1 aromatic heterocycles. The molecule has 0 fully saturated rings. The Hall–Kier alpha value is -2.43. The van der Waals surface area contributed by atoms with Gasteiger partial charge in [0.15, 0.2) is 17.5 Å². The van der Waals surface area contributed by atoms with E-state index in [0.717, 1.165) is 22.5 Å². The zero-order valence-corrected chi connectivity index (χ0v) is 10.4. The highest BCUT2D eigenvalue weighted by atomic mass is 19.2. The van der Waals surface area contributed by atoms with Gasteiger partial charge in [0.1, 0.15) is 0 Å². The number of benzene rings is 2. The Labute approximate surface area is 113 Å². The highest BCUT2D eigenvalue weighted by molar-refractivity contribution is 5.83. The molecule has 2 nitrogen and oxygen atoms in total. The number of nitrogens with one attached hydrogen (secondary N) is 2. The summed E-state index contributed by atoms with van der Waals surface area (Å²) in [6.07, 6.45) is 1.80. The number of H-pyrrole nitrogens is 1. The van der Waals surface area contributed by atoms with Gasteiger partial charge in [-0.1, -0.05) is 18.2 Å². The lowest BCUT2D eigenvalue weighted by atomic mass is 10.1. The van der Waals surface area contributed by atoms with E-state index in [1.807, 2.05) is 24.3 Å². The Kier molecular flexibility index (Phi) is 3.10. The average Bonchev–Trinajstić information content (AvgIpc) is 2.87. The van der Waals surface area contributed by atoms with Gasteiger partial charge in [-0.25, -0.2) is 13.2 Å². The molecule has 5 heteroatoms. The van der Waals surface area contributed by atoms with Gasteiger partial charge in [0.2, 0.25) is 0 Å². The number of aromatic nitrogens is 1. The maximum Gasteiger partial charge on any atom is 0.196 e. The van der Waals surface area contributed by atoms with Crippen molar-refractivity contribution >= 4 is 16.6 Å². The van der Waals surface area contributed by atoms with Crippen LogP contribution >= 0.6 is 0 Å². The second-order valence-corrected chi connectivity index (χ2v) is 4.44. The van der Waals surface area contributed by atoms with Gasteiger partial charge in [-0.2, -0.15) is 0 Å². The average molecular weight is 276 g/mol. The van der Waals surface area contributed by atoms with Crippen LogP contribution in [0.2, 0.25) is 0 Å². The van der Waals surface area contributed by atoms with Crippen LogP contribution in [0.15, 0.2) is 42.6 Å². The van der Waals surface area contributed by atoms with Gasteiger partial charge in [-0.05, 0) is 23.8 Å². The molecule has 0 saturated heterocycles. The fraction of sp³-hybridized carbons (Fsp3) is 0.0667. The monoisotopic (exact) mass is 276 g/mol. The predicted molar refractivity (Wildman–Crippen MR) is 71.9 cm³/mol. The van der Waals surface area contributed by atoms with E-state index < -0.39 is 17.5 Å². The van der Waals surface area contributed by atoms with Crippen LogP contribution < -0.4 is 5.32 Å². The Morgan fingerprint density at radius 1 is 0.950 bits per heavy atom. The van der Waals surface area contributed by atoms with Crippen molar-refractivity contribution < 1.29 is 13.2 Å². The molecule has 0 atom stereocenters. The molecule has 2 N–H and O–H groups in total. The smallest absolute Gasteiger partial charge is 0.196 e. The molecule has 2 aromatic carbocycles. The number of halogens is 3.